The molecule has 0 spiro atoms. The second-order valence-corrected chi connectivity index (χ2v) is 5.88. The van der Waals surface area contributed by atoms with E-state index in [-0.39, 0.29) is 28.9 Å². The minimum absolute atomic E-state index is 0.136. The van der Waals surface area contributed by atoms with Crippen LogP contribution in [0.3, 0.4) is 0 Å². The number of hydrogen-bond acceptors (Lipinski definition) is 5. The normalized spacial score (nSPS) is 10.8. The Bertz CT molecular complexity index is 1070. The fourth-order valence-corrected chi connectivity index (χ4v) is 2.74. The maximum atomic E-state index is 12.5. The predicted octanol–water partition coefficient (Wildman–Crippen LogP) is 2.80. The molecule has 0 radical (unpaired) electrons. The maximum Gasteiger partial charge on any atom is 0.271 e. The number of Topliss-reactive ketones (excluding diaryl/α,β-unsaturated/α-hetero) is 1. The van der Waals surface area contributed by atoms with Crippen molar-refractivity contribution in [2.75, 3.05) is 0 Å². The van der Waals surface area contributed by atoms with Gasteiger partial charge >= 0.3 is 0 Å². The second kappa shape index (κ2) is 6.27. The number of fused-ring (bicyclic) bond motifs is 1. The molecule has 7 heteroatoms. The lowest BCUT2D eigenvalue weighted by Gasteiger charge is -2.08. The summed E-state index contributed by atoms with van der Waals surface area (Å²) >= 11 is 0. The summed E-state index contributed by atoms with van der Waals surface area (Å²) in [6, 6.07) is 9.36. The minimum Gasteiger partial charge on any atom is -0.292 e. The summed E-state index contributed by atoms with van der Waals surface area (Å²) in [5.74, 6) is -0.192. The Hall–Kier alpha value is -3.35. The highest BCUT2D eigenvalue weighted by atomic mass is 16.6. The molecule has 2 aromatic carbocycles. The molecule has 0 N–H and O–H groups in total. The van der Waals surface area contributed by atoms with Crippen molar-refractivity contribution < 1.29 is 9.72 Å². The first kappa shape index (κ1) is 16.5. The molecule has 0 aliphatic carbocycles. The zero-order valence-electron chi connectivity index (χ0n) is 13.7. The molecule has 3 rings (SSSR count). The first-order valence-corrected chi connectivity index (χ1v) is 7.61. The summed E-state index contributed by atoms with van der Waals surface area (Å²) in [5.41, 5.74) is 2.15. The van der Waals surface area contributed by atoms with Crippen LogP contribution in [0.15, 0.2) is 47.5 Å². The molecule has 0 atom stereocenters. The topological polar surface area (TPSA) is 95.1 Å². The summed E-state index contributed by atoms with van der Waals surface area (Å²) < 4.78 is 1.22. The van der Waals surface area contributed by atoms with Gasteiger partial charge in [0.05, 0.1) is 28.7 Å². The van der Waals surface area contributed by atoms with Gasteiger partial charge in [0.2, 0.25) is 0 Å². The molecule has 0 aliphatic heterocycles. The molecule has 0 bridgehead atoms. The highest BCUT2D eigenvalue weighted by Crippen LogP contribution is 2.17. The smallest absolute Gasteiger partial charge is 0.271 e. The van der Waals surface area contributed by atoms with E-state index in [0.717, 1.165) is 11.1 Å². The van der Waals surface area contributed by atoms with Crippen molar-refractivity contribution >= 4 is 22.4 Å². The number of hydrogen-bond donors (Lipinski definition) is 0. The molecule has 3 aromatic rings. The van der Waals surface area contributed by atoms with E-state index in [2.05, 4.69) is 4.98 Å². The molecule has 25 heavy (non-hydrogen) atoms. The summed E-state index contributed by atoms with van der Waals surface area (Å²) in [6.07, 6.45) is 1.25. The molecule has 1 heterocycles. The molecule has 0 aliphatic rings. The van der Waals surface area contributed by atoms with Gasteiger partial charge in [-0.05, 0) is 25.5 Å². The molecular weight excluding hydrogens is 322 g/mol. The van der Waals surface area contributed by atoms with Crippen molar-refractivity contribution in [3.63, 3.8) is 0 Å². The van der Waals surface area contributed by atoms with Crippen LogP contribution in [0, 0.1) is 24.0 Å². The van der Waals surface area contributed by atoms with Gasteiger partial charge in [0, 0.05) is 17.7 Å². The van der Waals surface area contributed by atoms with Crippen molar-refractivity contribution in [3.05, 3.63) is 79.9 Å². The van der Waals surface area contributed by atoms with Gasteiger partial charge in [0.1, 0.15) is 0 Å². The van der Waals surface area contributed by atoms with Gasteiger partial charge in [-0.15, -0.1) is 0 Å². The van der Waals surface area contributed by atoms with Gasteiger partial charge in [-0.3, -0.25) is 24.3 Å². The summed E-state index contributed by atoms with van der Waals surface area (Å²) in [4.78, 5) is 39.4. The van der Waals surface area contributed by atoms with E-state index >= 15 is 0 Å². The van der Waals surface area contributed by atoms with Crippen LogP contribution in [0.4, 0.5) is 5.69 Å². The van der Waals surface area contributed by atoms with E-state index in [1.54, 1.807) is 6.07 Å². The third-order valence-electron chi connectivity index (χ3n) is 4.02. The van der Waals surface area contributed by atoms with E-state index in [4.69, 9.17) is 0 Å². The largest absolute Gasteiger partial charge is 0.292 e. The number of nitrogens with zero attached hydrogens (tertiary/aromatic N) is 3. The van der Waals surface area contributed by atoms with Crippen LogP contribution in [0.2, 0.25) is 0 Å². The Labute approximate surface area is 142 Å². The van der Waals surface area contributed by atoms with Crippen molar-refractivity contribution in [2.24, 2.45) is 0 Å². The van der Waals surface area contributed by atoms with Gasteiger partial charge in [-0.25, -0.2) is 4.98 Å². The average Bonchev–Trinajstić information content (AvgIpc) is 2.56. The number of aromatic nitrogens is 2. The second-order valence-electron chi connectivity index (χ2n) is 5.88. The van der Waals surface area contributed by atoms with Gasteiger partial charge in [0.15, 0.2) is 5.78 Å². The fourth-order valence-electron chi connectivity index (χ4n) is 2.74. The molecular formula is C18H15N3O4. The number of benzene rings is 2. The van der Waals surface area contributed by atoms with Crippen LogP contribution in [0.1, 0.15) is 21.5 Å². The van der Waals surface area contributed by atoms with Gasteiger partial charge in [-0.2, -0.15) is 0 Å². The molecule has 0 unspecified atom stereocenters. The molecule has 1 aromatic heterocycles. The lowest BCUT2D eigenvalue weighted by Crippen LogP contribution is -2.25. The van der Waals surface area contributed by atoms with Gasteiger partial charge in [0.25, 0.3) is 11.2 Å². The number of carbonyl (C=O) groups excluding carboxylic acids is 1. The summed E-state index contributed by atoms with van der Waals surface area (Å²) in [7, 11) is 0. The minimum atomic E-state index is -0.545. The molecule has 0 fully saturated rings. The monoisotopic (exact) mass is 337 g/mol. The van der Waals surface area contributed by atoms with Crippen LogP contribution in [0.5, 0.6) is 0 Å². The number of non-ortho nitro benzene ring substituents is 1. The number of carbonyl (C=O) groups is 1. The molecule has 0 saturated carbocycles. The van der Waals surface area contributed by atoms with Gasteiger partial charge < -0.3 is 0 Å². The predicted molar refractivity (Wildman–Crippen MR) is 92.9 cm³/mol. The van der Waals surface area contributed by atoms with E-state index < -0.39 is 10.5 Å². The van der Waals surface area contributed by atoms with Crippen molar-refractivity contribution in [2.45, 2.75) is 20.4 Å². The van der Waals surface area contributed by atoms with Crippen LogP contribution in [-0.4, -0.2) is 20.3 Å². The molecule has 0 saturated heterocycles. The number of nitro benzene ring substituents is 1. The first-order valence-electron chi connectivity index (χ1n) is 7.61. The molecule has 7 nitrogen and oxygen atoms in total. The molecule has 126 valence electrons. The highest BCUT2D eigenvalue weighted by Gasteiger charge is 2.14. The third-order valence-corrected chi connectivity index (χ3v) is 4.02. The number of rotatable bonds is 4. The summed E-state index contributed by atoms with van der Waals surface area (Å²) in [6.45, 7) is 3.65. The Balaban J connectivity index is 1.98. The zero-order chi connectivity index (χ0) is 18.1. The Morgan fingerprint density at radius 1 is 1.20 bits per heavy atom. The third kappa shape index (κ3) is 3.16. The van der Waals surface area contributed by atoms with Gasteiger partial charge in [-0.1, -0.05) is 23.8 Å². The van der Waals surface area contributed by atoms with E-state index in [0.29, 0.717) is 5.56 Å². The van der Waals surface area contributed by atoms with Crippen molar-refractivity contribution in [1.29, 1.82) is 0 Å². The SMILES string of the molecule is Cc1ccc(C(=O)Cn2cnc3cc([N+](=O)[O-])ccc3c2=O)c(C)c1. The standard InChI is InChI=1S/C18H15N3O4/c1-11-3-5-14(12(2)7-11)17(22)9-20-10-19-16-8-13(21(24)25)4-6-15(16)18(20)23/h3-8,10H,9H2,1-2H3. The fraction of sp³-hybridized carbons (Fsp3) is 0.167. The van der Waals surface area contributed by atoms with Crippen molar-refractivity contribution in [3.8, 4) is 0 Å². The van der Waals surface area contributed by atoms with E-state index in [9.17, 15) is 19.7 Å². The Kier molecular flexibility index (Phi) is 4.14. The Morgan fingerprint density at radius 3 is 2.64 bits per heavy atom. The van der Waals surface area contributed by atoms with E-state index in [1.807, 2.05) is 26.0 Å². The zero-order valence-corrected chi connectivity index (χ0v) is 13.7. The van der Waals surface area contributed by atoms with Crippen LogP contribution in [0.25, 0.3) is 10.9 Å². The highest BCUT2D eigenvalue weighted by molar-refractivity contribution is 5.97. The lowest BCUT2D eigenvalue weighted by atomic mass is 10.0. The quantitative estimate of drug-likeness (QED) is 0.414. The maximum absolute atomic E-state index is 12.5. The van der Waals surface area contributed by atoms with Crippen LogP contribution in [-0.2, 0) is 6.54 Å². The summed E-state index contributed by atoms with van der Waals surface area (Å²) in [5, 5.41) is 11.0. The van der Waals surface area contributed by atoms with Crippen LogP contribution < -0.4 is 5.56 Å². The lowest BCUT2D eigenvalue weighted by molar-refractivity contribution is -0.384. The number of aryl methyl sites for hydroxylation is 2. The van der Waals surface area contributed by atoms with E-state index in [1.165, 1.54) is 29.1 Å². The first-order chi connectivity index (χ1) is 11.9. The average molecular weight is 337 g/mol. The molecule has 0 amide bonds. The number of ketones is 1. The van der Waals surface area contributed by atoms with Crippen LogP contribution >= 0.6 is 0 Å². The number of nitro groups is 1. The Morgan fingerprint density at radius 2 is 1.96 bits per heavy atom. The van der Waals surface area contributed by atoms with Crippen molar-refractivity contribution in [1.82, 2.24) is 9.55 Å².